The van der Waals surface area contributed by atoms with Gasteiger partial charge in [0.1, 0.15) is 0 Å². The van der Waals surface area contributed by atoms with Crippen molar-refractivity contribution in [3.63, 3.8) is 0 Å². The highest BCUT2D eigenvalue weighted by atomic mass is 35.5. The van der Waals surface area contributed by atoms with Gasteiger partial charge in [-0.25, -0.2) is 0 Å². The average molecular weight is 249 g/mol. The first-order chi connectivity index (χ1) is 7.25. The number of aromatic nitrogens is 3. The van der Waals surface area contributed by atoms with Crippen LogP contribution in [0.4, 0.5) is 5.82 Å². The maximum Gasteiger partial charge on any atom is 0.245 e. The van der Waals surface area contributed by atoms with E-state index in [9.17, 15) is 0 Å². The molecule has 0 aromatic carbocycles. The van der Waals surface area contributed by atoms with E-state index >= 15 is 0 Å². The van der Waals surface area contributed by atoms with Crippen LogP contribution in [-0.2, 0) is 4.74 Å². The minimum absolute atomic E-state index is 0.0780. The number of nitrogens with one attached hydrogen (secondary N) is 1. The lowest BCUT2D eigenvalue weighted by Crippen LogP contribution is -2.19. The maximum absolute atomic E-state index is 5.78. The second-order valence-electron chi connectivity index (χ2n) is 3.24. The van der Waals surface area contributed by atoms with E-state index in [1.807, 2.05) is 0 Å². The van der Waals surface area contributed by atoms with E-state index < -0.39 is 0 Å². The SMILES string of the molecule is Clc1nnc(Cl)c(NCC2CCCO2)n1. The Morgan fingerprint density at radius 2 is 2.27 bits per heavy atom. The van der Waals surface area contributed by atoms with Crippen LogP contribution in [0.5, 0.6) is 0 Å². The Morgan fingerprint density at radius 1 is 1.40 bits per heavy atom. The van der Waals surface area contributed by atoms with Crippen LogP contribution in [0.3, 0.4) is 0 Å². The van der Waals surface area contributed by atoms with E-state index in [0.717, 1.165) is 19.4 Å². The zero-order chi connectivity index (χ0) is 10.7. The molecule has 0 bridgehead atoms. The molecule has 1 atom stereocenters. The normalized spacial score (nSPS) is 20.5. The maximum atomic E-state index is 5.78. The van der Waals surface area contributed by atoms with Gasteiger partial charge in [0.2, 0.25) is 5.28 Å². The van der Waals surface area contributed by atoms with E-state index in [-0.39, 0.29) is 16.5 Å². The minimum Gasteiger partial charge on any atom is -0.376 e. The van der Waals surface area contributed by atoms with Gasteiger partial charge in [-0.05, 0) is 24.4 Å². The van der Waals surface area contributed by atoms with Crippen LogP contribution in [0, 0.1) is 0 Å². The molecule has 1 aromatic rings. The lowest BCUT2D eigenvalue weighted by molar-refractivity contribution is 0.120. The van der Waals surface area contributed by atoms with Crippen molar-refractivity contribution in [2.24, 2.45) is 0 Å². The van der Waals surface area contributed by atoms with E-state index in [2.05, 4.69) is 20.5 Å². The zero-order valence-electron chi connectivity index (χ0n) is 7.91. The van der Waals surface area contributed by atoms with E-state index in [0.29, 0.717) is 12.4 Å². The standard InChI is InChI=1S/C8H10Cl2N4O/c9-6-7(12-8(10)14-13-6)11-4-5-2-1-3-15-5/h5H,1-4H2,(H,11,12,14). The van der Waals surface area contributed by atoms with Gasteiger partial charge in [0, 0.05) is 13.2 Å². The molecule has 1 aliphatic heterocycles. The number of ether oxygens (including phenoxy) is 1. The summed E-state index contributed by atoms with van der Waals surface area (Å²) in [5.41, 5.74) is 0. The van der Waals surface area contributed by atoms with Crippen molar-refractivity contribution in [2.75, 3.05) is 18.5 Å². The first-order valence-electron chi connectivity index (χ1n) is 4.67. The van der Waals surface area contributed by atoms with E-state index in [1.165, 1.54) is 0 Å². The Morgan fingerprint density at radius 3 is 3.00 bits per heavy atom. The molecule has 0 spiro atoms. The van der Waals surface area contributed by atoms with Crippen molar-refractivity contribution >= 4 is 29.0 Å². The van der Waals surface area contributed by atoms with Crippen LogP contribution in [0.2, 0.25) is 10.4 Å². The van der Waals surface area contributed by atoms with Crippen molar-refractivity contribution in [2.45, 2.75) is 18.9 Å². The van der Waals surface area contributed by atoms with Gasteiger partial charge in [0.15, 0.2) is 11.0 Å². The van der Waals surface area contributed by atoms with Crippen LogP contribution >= 0.6 is 23.2 Å². The van der Waals surface area contributed by atoms with Gasteiger partial charge in [-0.2, -0.15) is 4.98 Å². The van der Waals surface area contributed by atoms with Crippen LogP contribution in [-0.4, -0.2) is 34.4 Å². The third kappa shape index (κ3) is 2.90. The quantitative estimate of drug-likeness (QED) is 0.884. The molecule has 5 nitrogen and oxygen atoms in total. The van der Waals surface area contributed by atoms with Gasteiger partial charge in [-0.3, -0.25) is 0 Å². The molecule has 1 aliphatic rings. The molecule has 2 heterocycles. The van der Waals surface area contributed by atoms with Crippen LogP contribution < -0.4 is 5.32 Å². The predicted molar refractivity (Wildman–Crippen MR) is 57.3 cm³/mol. The number of anilines is 1. The molecule has 1 unspecified atom stereocenters. The number of hydrogen-bond acceptors (Lipinski definition) is 5. The Hall–Kier alpha value is -0.650. The fourth-order valence-corrected chi connectivity index (χ4v) is 1.69. The van der Waals surface area contributed by atoms with Crippen molar-refractivity contribution in [1.82, 2.24) is 15.2 Å². The van der Waals surface area contributed by atoms with Crippen molar-refractivity contribution in [1.29, 1.82) is 0 Å². The second kappa shape index (κ2) is 4.92. The lowest BCUT2D eigenvalue weighted by atomic mass is 10.2. The zero-order valence-corrected chi connectivity index (χ0v) is 9.42. The first kappa shape index (κ1) is 10.9. The highest BCUT2D eigenvalue weighted by Crippen LogP contribution is 2.18. The molecule has 0 radical (unpaired) electrons. The highest BCUT2D eigenvalue weighted by molar-refractivity contribution is 6.32. The molecule has 0 amide bonds. The molecular formula is C8H10Cl2N4O. The molecule has 0 saturated carbocycles. The summed E-state index contributed by atoms with van der Waals surface area (Å²) < 4.78 is 5.44. The van der Waals surface area contributed by atoms with E-state index in [1.54, 1.807) is 0 Å². The van der Waals surface area contributed by atoms with Crippen molar-refractivity contribution in [3.05, 3.63) is 10.4 Å². The monoisotopic (exact) mass is 248 g/mol. The summed E-state index contributed by atoms with van der Waals surface area (Å²) in [5, 5.41) is 10.5. The number of halogens is 2. The van der Waals surface area contributed by atoms with Crippen LogP contribution in [0.25, 0.3) is 0 Å². The fraction of sp³-hybridized carbons (Fsp3) is 0.625. The smallest absolute Gasteiger partial charge is 0.245 e. The first-order valence-corrected chi connectivity index (χ1v) is 5.42. The summed E-state index contributed by atoms with van der Waals surface area (Å²) in [4.78, 5) is 3.93. The Balaban J connectivity index is 1.94. The summed E-state index contributed by atoms with van der Waals surface area (Å²) in [6.07, 6.45) is 2.37. The molecular weight excluding hydrogens is 239 g/mol. The van der Waals surface area contributed by atoms with E-state index in [4.69, 9.17) is 27.9 Å². The molecule has 2 rings (SSSR count). The Kier molecular flexibility index (Phi) is 3.56. The van der Waals surface area contributed by atoms with Gasteiger partial charge in [-0.15, -0.1) is 10.2 Å². The highest BCUT2D eigenvalue weighted by Gasteiger charge is 2.16. The number of nitrogens with zero attached hydrogens (tertiary/aromatic N) is 3. The summed E-state index contributed by atoms with van der Waals surface area (Å²) >= 11 is 11.4. The van der Waals surface area contributed by atoms with Crippen molar-refractivity contribution in [3.8, 4) is 0 Å². The van der Waals surface area contributed by atoms with Gasteiger partial charge in [0.05, 0.1) is 6.10 Å². The number of hydrogen-bond donors (Lipinski definition) is 1. The third-order valence-corrected chi connectivity index (χ3v) is 2.56. The predicted octanol–water partition coefficient (Wildman–Crippen LogP) is 1.77. The third-order valence-electron chi connectivity index (χ3n) is 2.14. The molecule has 1 fully saturated rings. The second-order valence-corrected chi connectivity index (χ2v) is 3.93. The van der Waals surface area contributed by atoms with Gasteiger partial charge < -0.3 is 10.1 Å². The molecule has 1 aromatic heterocycles. The molecule has 82 valence electrons. The molecule has 0 aliphatic carbocycles. The fourth-order valence-electron chi connectivity index (χ4n) is 1.42. The van der Waals surface area contributed by atoms with Gasteiger partial charge >= 0.3 is 0 Å². The summed E-state index contributed by atoms with van der Waals surface area (Å²) in [6.45, 7) is 1.48. The minimum atomic E-state index is 0.0780. The molecule has 1 N–H and O–H groups in total. The topological polar surface area (TPSA) is 59.9 Å². The Labute approximate surface area is 97.1 Å². The lowest BCUT2D eigenvalue weighted by Gasteiger charge is -2.11. The van der Waals surface area contributed by atoms with Gasteiger partial charge in [0.25, 0.3) is 0 Å². The Bertz CT molecular complexity index is 343. The van der Waals surface area contributed by atoms with Gasteiger partial charge in [-0.1, -0.05) is 11.6 Å². The summed E-state index contributed by atoms with van der Waals surface area (Å²) in [6, 6.07) is 0. The average Bonchev–Trinajstić information content (AvgIpc) is 2.72. The summed E-state index contributed by atoms with van der Waals surface area (Å²) in [5.74, 6) is 0.451. The molecule has 7 heteroatoms. The number of rotatable bonds is 3. The summed E-state index contributed by atoms with van der Waals surface area (Å²) in [7, 11) is 0. The molecule has 1 saturated heterocycles. The van der Waals surface area contributed by atoms with Crippen molar-refractivity contribution < 1.29 is 4.74 Å². The molecule has 15 heavy (non-hydrogen) atoms. The largest absolute Gasteiger partial charge is 0.376 e. The van der Waals surface area contributed by atoms with Crippen LogP contribution in [0.1, 0.15) is 12.8 Å². The van der Waals surface area contributed by atoms with Crippen LogP contribution in [0.15, 0.2) is 0 Å².